The first-order valence-electron chi connectivity index (χ1n) is 6.52. The number of hydrogen-bond acceptors (Lipinski definition) is 4. The van der Waals surface area contributed by atoms with Crippen molar-refractivity contribution in [3.05, 3.63) is 59.1 Å². The standard InChI is InChI=1S/C16H15ClN2O3/c1-21-14-5-7-15(8-6-14)22-11-16(20)19-18-10-12-3-2-4-13(17)9-12/h2-10H,11H2,1H3,(H,19,20). The van der Waals surface area contributed by atoms with E-state index in [4.69, 9.17) is 21.1 Å². The second kappa shape index (κ2) is 8.05. The lowest BCUT2D eigenvalue weighted by Crippen LogP contribution is -2.24. The van der Waals surface area contributed by atoms with E-state index in [1.54, 1.807) is 49.6 Å². The summed E-state index contributed by atoms with van der Waals surface area (Å²) in [6, 6.07) is 14.1. The SMILES string of the molecule is COc1ccc(OCC(=O)NN=Cc2cccc(Cl)c2)cc1. The summed E-state index contributed by atoms with van der Waals surface area (Å²) in [6.45, 7) is -0.126. The molecule has 2 aromatic rings. The molecule has 0 fully saturated rings. The van der Waals surface area contributed by atoms with E-state index in [1.165, 1.54) is 6.21 Å². The van der Waals surface area contributed by atoms with Crippen molar-refractivity contribution in [3.63, 3.8) is 0 Å². The summed E-state index contributed by atoms with van der Waals surface area (Å²) in [4.78, 5) is 11.6. The summed E-state index contributed by atoms with van der Waals surface area (Å²) < 4.78 is 10.4. The third kappa shape index (κ3) is 5.10. The van der Waals surface area contributed by atoms with Crippen molar-refractivity contribution in [1.82, 2.24) is 5.43 Å². The lowest BCUT2D eigenvalue weighted by atomic mass is 10.2. The Labute approximate surface area is 133 Å². The summed E-state index contributed by atoms with van der Waals surface area (Å²) in [5, 5.41) is 4.45. The predicted octanol–water partition coefficient (Wildman–Crippen LogP) is 2.88. The van der Waals surface area contributed by atoms with Gasteiger partial charge in [0.05, 0.1) is 13.3 Å². The first-order chi connectivity index (χ1) is 10.7. The molecule has 0 aliphatic carbocycles. The zero-order valence-electron chi connectivity index (χ0n) is 12.0. The van der Waals surface area contributed by atoms with Gasteiger partial charge in [-0.3, -0.25) is 4.79 Å². The number of carbonyl (C=O) groups is 1. The molecule has 2 rings (SSSR count). The monoisotopic (exact) mass is 318 g/mol. The Hall–Kier alpha value is -2.53. The molecule has 0 spiro atoms. The van der Waals surface area contributed by atoms with Crippen LogP contribution in [-0.4, -0.2) is 25.8 Å². The van der Waals surface area contributed by atoms with Gasteiger partial charge in [0.15, 0.2) is 6.61 Å². The van der Waals surface area contributed by atoms with Crippen molar-refractivity contribution in [2.24, 2.45) is 5.10 Å². The van der Waals surface area contributed by atoms with Crippen LogP contribution in [0, 0.1) is 0 Å². The van der Waals surface area contributed by atoms with Gasteiger partial charge in [-0.25, -0.2) is 5.43 Å². The molecule has 2 aromatic carbocycles. The Morgan fingerprint density at radius 1 is 1.23 bits per heavy atom. The van der Waals surface area contributed by atoms with Crippen LogP contribution in [0.25, 0.3) is 0 Å². The molecule has 0 aromatic heterocycles. The highest BCUT2D eigenvalue weighted by Gasteiger charge is 2.01. The number of ether oxygens (including phenoxy) is 2. The second-order valence-corrected chi connectivity index (χ2v) is 4.75. The van der Waals surface area contributed by atoms with Crippen molar-refractivity contribution < 1.29 is 14.3 Å². The van der Waals surface area contributed by atoms with Gasteiger partial charge in [-0.2, -0.15) is 5.10 Å². The normalized spacial score (nSPS) is 10.5. The average Bonchev–Trinajstić information content (AvgIpc) is 2.53. The van der Waals surface area contributed by atoms with Gasteiger partial charge in [0.25, 0.3) is 5.91 Å². The molecule has 22 heavy (non-hydrogen) atoms. The molecule has 1 amide bonds. The van der Waals surface area contributed by atoms with Gasteiger partial charge in [0, 0.05) is 5.02 Å². The average molecular weight is 319 g/mol. The highest BCUT2D eigenvalue weighted by molar-refractivity contribution is 6.30. The van der Waals surface area contributed by atoms with Crippen LogP contribution >= 0.6 is 11.6 Å². The second-order valence-electron chi connectivity index (χ2n) is 4.31. The Balaban J connectivity index is 1.77. The predicted molar refractivity (Wildman–Crippen MR) is 85.7 cm³/mol. The number of carbonyl (C=O) groups excluding carboxylic acids is 1. The molecule has 114 valence electrons. The molecule has 1 N–H and O–H groups in total. The number of amides is 1. The first-order valence-corrected chi connectivity index (χ1v) is 6.89. The van der Waals surface area contributed by atoms with E-state index in [1.807, 2.05) is 6.07 Å². The van der Waals surface area contributed by atoms with E-state index in [2.05, 4.69) is 10.5 Å². The molecule has 0 saturated heterocycles. The number of hydrogen-bond donors (Lipinski definition) is 1. The molecule has 0 aliphatic heterocycles. The number of hydrazone groups is 1. The van der Waals surface area contributed by atoms with Crippen LogP contribution in [0.4, 0.5) is 0 Å². The number of nitrogens with zero attached hydrogens (tertiary/aromatic N) is 1. The van der Waals surface area contributed by atoms with Gasteiger partial charge >= 0.3 is 0 Å². The van der Waals surface area contributed by atoms with Gasteiger partial charge in [0.1, 0.15) is 11.5 Å². The Morgan fingerprint density at radius 2 is 1.95 bits per heavy atom. The molecule has 6 heteroatoms. The number of benzene rings is 2. The van der Waals surface area contributed by atoms with E-state index >= 15 is 0 Å². The fourth-order valence-electron chi connectivity index (χ4n) is 1.62. The van der Waals surface area contributed by atoms with Gasteiger partial charge in [-0.1, -0.05) is 23.7 Å². The van der Waals surface area contributed by atoms with Crippen molar-refractivity contribution in [2.45, 2.75) is 0 Å². The minimum absolute atomic E-state index is 0.126. The quantitative estimate of drug-likeness (QED) is 0.658. The highest BCUT2D eigenvalue weighted by atomic mass is 35.5. The molecule has 0 bridgehead atoms. The molecular formula is C16H15ClN2O3. The molecule has 0 radical (unpaired) electrons. The summed E-state index contributed by atoms with van der Waals surface area (Å²) in [7, 11) is 1.58. The highest BCUT2D eigenvalue weighted by Crippen LogP contribution is 2.16. The largest absolute Gasteiger partial charge is 0.497 e. The van der Waals surface area contributed by atoms with Gasteiger partial charge in [0.2, 0.25) is 0 Å². The lowest BCUT2D eigenvalue weighted by Gasteiger charge is -2.05. The summed E-state index contributed by atoms with van der Waals surface area (Å²) in [5.41, 5.74) is 3.18. The maximum absolute atomic E-state index is 11.6. The Kier molecular flexibility index (Phi) is 5.80. The first kappa shape index (κ1) is 15.9. The molecule has 0 unspecified atom stereocenters. The van der Waals surface area contributed by atoms with Gasteiger partial charge in [-0.15, -0.1) is 0 Å². The molecular weight excluding hydrogens is 304 g/mol. The van der Waals surface area contributed by atoms with Crippen molar-refractivity contribution in [2.75, 3.05) is 13.7 Å². The molecule has 0 saturated carbocycles. The van der Waals surface area contributed by atoms with Crippen LogP contribution in [0.2, 0.25) is 5.02 Å². The zero-order valence-corrected chi connectivity index (χ0v) is 12.7. The molecule has 5 nitrogen and oxygen atoms in total. The van der Waals surface area contributed by atoms with Crippen LogP contribution in [-0.2, 0) is 4.79 Å². The third-order valence-electron chi connectivity index (χ3n) is 2.68. The Bertz CT molecular complexity index is 657. The van der Waals surface area contributed by atoms with E-state index in [9.17, 15) is 4.79 Å². The van der Waals surface area contributed by atoms with Crippen molar-refractivity contribution >= 4 is 23.7 Å². The number of methoxy groups -OCH3 is 1. The van der Waals surface area contributed by atoms with Crippen LogP contribution in [0.15, 0.2) is 53.6 Å². The molecule has 0 atom stereocenters. The summed E-state index contributed by atoms with van der Waals surface area (Å²) in [6.07, 6.45) is 1.51. The minimum Gasteiger partial charge on any atom is -0.497 e. The number of halogens is 1. The van der Waals surface area contributed by atoms with Crippen LogP contribution in [0.3, 0.4) is 0 Å². The fraction of sp³-hybridized carbons (Fsp3) is 0.125. The zero-order chi connectivity index (χ0) is 15.8. The number of rotatable bonds is 6. The van der Waals surface area contributed by atoms with E-state index in [0.717, 1.165) is 11.3 Å². The fourth-order valence-corrected chi connectivity index (χ4v) is 1.82. The van der Waals surface area contributed by atoms with Crippen LogP contribution in [0.1, 0.15) is 5.56 Å². The maximum Gasteiger partial charge on any atom is 0.277 e. The minimum atomic E-state index is -0.353. The van der Waals surface area contributed by atoms with Gasteiger partial charge < -0.3 is 9.47 Å². The smallest absolute Gasteiger partial charge is 0.277 e. The van der Waals surface area contributed by atoms with E-state index < -0.39 is 0 Å². The summed E-state index contributed by atoms with van der Waals surface area (Å²) >= 11 is 5.85. The lowest BCUT2D eigenvalue weighted by molar-refractivity contribution is -0.123. The third-order valence-corrected chi connectivity index (χ3v) is 2.92. The van der Waals surface area contributed by atoms with E-state index in [-0.39, 0.29) is 12.5 Å². The molecule has 0 heterocycles. The summed E-state index contributed by atoms with van der Waals surface area (Å²) in [5.74, 6) is 0.951. The van der Waals surface area contributed by atoms with Crippen LogP contribution in [0.5, 0.6) is 11.5 Å². The topological polar surface area (TPSA) is 59.9 Å². The molecule has 0 aliphatic rings. The van der Waals surface area contributed by atoms with Crippen molar-refractivity contribution in [3.8, 4) is 11.5 Å². The Morgan fingerprint density at radius 3 is 2.64 bits per heavy atom. The van der Waals surface area contributed by atoms with Gasteiger partial charge in [-0.05, 0) is 42.0 Å². The van der Waals surface area contributed by atoms with Crippen molar-refractivity contribution in [1.29, 1.82) is 0 Å². The van der Waals surface area contributed by atoms with E-state index in [0.29, 0.717) is 10.8 Å². The van der Waals surface area contributed by atoms with Crippen LogP contribution < -0.4 is 14.9 Å². The maximum atomic E-state index is 11.6. The number of nitrogens with one attached hydrogen (secondary N) is 1.